The Kier molecular flexibility index (Phi) is 5.43. The summed E-state index contributed by atoms with van der Waals surface area (Å²) in [5.74, 6) is -0.724. The third kappa shape index (κ3) is 4.24. The Balaban J connectivity index is 1.57. The number of carbonyl (C=O) groups is 2. The monoisotopic (exact) mass is 340 g/mol. The largest absolute Gasteiger partial charge is 0.354 e. The Morgan fingerprint density at radius 3 is 2.52 bits per heavy atom. The van der Waals surface area contributed by atoms with Gasteiger partial charge in [-0.3, -0.25) is 9.59 Å². The van der Waals surface area contributed by atoms with E-state index in [1.165, 1.54) is 24.3 Å². The van der Waals surface area contributed by atoms with Crippen molar-refractivity contribution in [2.24, 2.45) is 0 Å². The molecule has 4 nitrogen and oxygen atoms in total. The second-order valence-corrected chi connectivity index (χ2v) is 6.19. The molecule has 130 valence electrons. The molecule has 0 radical (unpaired) electrons. The predicted octanol–water partition coefficient (Wildman–Crippen LogP) is 2.79. The van der Waals surface area contributed by atoms with E-state index in [2.05, 4.69) is 5.32 Å². The molecule has 1 aliphatic heterocycles. The molecule has 1 atom stereocenters. The van der Waals surface area contributed by atoms with Gasteiger partial charge >= 0.3 is 0 Å². The van der Waals surface area contributed by atoms with Gasteiger partial charge in [-0.25, -0.2) is 4.39 Å². The molecule has 25 heavy (non-hydrogen) atoms. The third-order valence-corrected chi connectivity index (χ3v) is 4.46. The zero-order chi connectivity index (χ0) is 17.6. The first-order valence-electron chi connectivity index (χ1n) is 8.53. The number of nitrogens with zero attached hydrogens (tertiary/aromatic N) is 1. The highest BCUT2D eigenvalue weighted by molar-refractivity contribution is 5.97. The minimum atomic E-state index is -0.451. The van der Waals surface area contributed by atoms with Crippen LogP contribution in [0.25, 0.3) is 0 Å². The summed E-state index contributed by atoms with van der Waals surface area (Å²) < 4.78 is 13.0. The number of carbonyl (C=O) groups excluding carboxylic acids is 2. The lowest BCUT2D eigenvalue weighted by atomic mass is 10.1. The van der Waals surface area contributed by atoms with Crippen LogP contribution >= 0.6 is 0 Å². The van der Waals surface area contributed by atoms with E-state index in [0.29, 0.717) is 25.1 Å². The van der Waals surface area contributed by atoms with Gasteiger partial charge in [-0.15, -0.1) is 0 Å². The van der Waals surface area contributed by atoms with Crippen LogP contribution in [0.4, 0.5) is 4.39 Å². The number of likely N-dealkylation sites (tertiary alicyclic amines) is 1. The van der Waals surface area contributed by atoms with Crippen LogP contribution in [-0.4, -0.2) is 35.8 Å². The van der Waals surface area contributed by atoms with Crippen molar-refractivity contribution >= 4 is 11.8 Å². The maximum atomic E-state index is 13.0. The van der Waals surface area contributed by atoms with E-state index in [1.807, 2.05) is 30.3 Å². The molecule has 5 heteroatoms. The fourth-order valence-electron chi connectivity index (χ4n) is 3.13. The van der Waals surface area contributed by atoms with Gasteiger partial charge in [0.25, 0.3) is 5.91 Å². The molecule has 0 saturated carbocycles. The fourth-order valence-corrected chi connectivity index (χ4v) is 3.13. The number of rotatable bonds is 5. The lowest BCUT2D eigenvalue weighted by Crippen LogP contribution is -2.46. The molecule has 0 aromatic heterocycles. The maximum Gasteiger partial charge on any atom is 0.254 e. The van der Waals surface area contributed by atoms with Gasteiger partial charge in [-0.1, -0.05) is 30.3 Å². The molecule has 1 unspecified atom stereocenters. The zero-order valence-electron chi connectivity index (χ0n) is 14.0. The first-order valence-corrected chi connectivity index (χ1v) is 8.53. The summed E-state index contributed by atoms with van der Waals surface area (Å²) in [4.78, 5) is 26.7. The number of nitrogens with one attached hydrogen (secondary N) is 1. The van der Waals surface area contributed by atoms with Gasteiger partial charge in [0.1, 0.15) is 11.9 Å². The molecule has 1 saturated heterocycles. The number of amides is 2. The molecule has 0 spiro atoms. The van der Waals surface area contributed by atoms with E-state index in [9.17, 15) is 14.0 Å². The second kappa shape index (κ2) is 7.92. The highest BCUT2D eigenvalue weighted by Crippen LogP contribution is 2.20. The van der Waals surface area contributed by atoms with Crippen molar-refractivity contribution in [3.05, 3.63) is 71.5 Å². The van der Waals surface area contributed by atoms with Crippen LogP contribution in [0.3, 0.4) is 0 Å². The SMILES string of the molecule is O=C(NCCc1ccccc1)C1CCCN1C(=O)c1ccc(F)cc1. The molecular formula is C20H21FN2O2. The van der Waals surface area contributed by atoms with E-state index in [1.54, 1.807) is 4.90 Å². The van der Waals surface area contributed by atoms with Crippen LogP contribution in [0.2, 0.25) is 0 Å². The van der Waals surface area contributed by atoms with Crippen molar-refractivity contribution < 1.29 is 14.0 Å². The molecule has 1 fully saturated rings. The first kappa shape index (κ1) is 17.1. The van der Waals surface area contributed by atoms with Crippen molar-refractivity contribution in [2.75, 3.05) is 13.1 Å². The average Bonchev–Trinajstić information content (AvgIpc) is 3.12. The molecule has 0 aliphatic carbocycles. The molecule has 2 aromatic rings. The second-order valence-electron chi connectivity index (χ2n) is 6.19. The van der Waals surface area contributed by atoms with E-state index in [0.717, 1.165) is 18.4 Å². The van der Waals surface area contributed by atoms with Crippen LogP contribution in [0.5, 0.6) is 0 Å². The molecule has 0 bridgehead atoms. The van der Waals surface area contributed by atoms with Crippen molar-refractivity contribution in [3.8, 4) is 0 Å². The van der Waals surface area contributed by atoms with E-state index >= 15 is 0 Å². The van der Waals surface area contributed by atoms with Crippen molar-refractivity contribution in [3.63, 3.8) is 0 Å². The Bertz CT molecular complexity index is 731. The maximum absolute atomic E-state index is 13.0. The van der Waals surface area contributed by atoms with Gasteiger partial charge in [0.2, 0.25) is 5.91 Å². The summed E-state index contributed by atoms with van der Waals surface area (Å²) in [6.45, 7) is 1.09. The fraction of sp³-hybridized carbons (Fsp3) is 0.300. The quantitative estimate of drug-likeness (QED) is 0.910. The van der Waals surface area contributed by atoms with E-state index in [4.69, 9.17) is 0 Å². The Morgan fingerprint density at radius 2 is 1.80 bits per heavy atom. The van der Waals surface area contributed by atoms with Gasteiger partial charge in [0.15, 0.2) is 0 Å². The van der Waals surface area contributed by atoms with Crippen LogP contribution in [-0.2, 0) is 11.2 Å². The molecular weight excluding hydrogens is 319 g/mol. The number of halogens is 1. The van der Waals surface area contributed by atoms with Gasteiger partial charge in [-0.2, -0.15) is 0 Å². The highest BCUT2D eigenvalue weighted by Gasteiger charge is 2.34. The predicted molar refractivity (Wildman–Crippen MR) is 93.6 cm³/mol. The summed E-state index contributed by atoms with van der Waals surface area (Å²) in [6.07, 6.45) is 2.21. The Hall–Kier alpha value is -2.69. The van der Waals surface area contributed by atoms with Gasteiger partial charge in [0.05, 0.1) is 0 Å². The van der Waals surface area contributed by atoms with Gasteiger partial charge in [0, 0.05) is 18.7 Å². The molecule has 1 N–H and O–H groups in total. The van der Waals surface area contributed by atoms with Crippen LogP contribution in [0.15, 0.2) is 54.6 Å². The van der Waals surface area contributed by atoms with Gasteiger partial charge < -0.3 is 10.2 Å². The van der Waals surface area contributed by atoms with Gasteiger partial charge in [-0.05, 0) is 49.1 Å². The van der Waals surface area contributed by atoms with Crippen LogP contribution in [0, 0.1) is 5.82 Å². The summed E-state index contributed by atoms with van der Waals surface area (Å²) in [7, 11) is 0. The molecule has 2 aromatic carbocycles. The van der Waals surface area contributed by atoms with Crippen molar-refractivity contribution in [1.82, 2.24) is 10.2 Å². The molecule has 2 amide bonds. The lowest BCUT2D eigenvalue weighted by molar-refractivity contribution is -0.124. The Morgan fingerprint density at radius 1 is 1.08 bits per heavy atom. The number of hydrogen-bond donors (Lipinski definition) is 1. The molecule has 1 aliphatic rings. The molecule has 1 heterocycles. The standard InChI is InChI=1S/C20H21FN2O2/c21-17-10-8-16(9-11-17)20(25)23-14-4-7-18(23)19(24)22-13-12-15-5-2-1-3-6-15/h1-3,5-6,8-11,18H,4,7,12-14H2,(H,22,24). The van der Waals surface area contributed by atoms with Crippen LogP contribution in [0.1, 0.15) is 28.8 Å². The van der Waals surface area contributed by atoms with E-state index in [-0.39, 0.29) is 17.6 Å². The van der Waals surface area contributed by atoms with E-state index < -0.39 is 6.04 Å². The number of benzene rings is 2. The smallest absolute Gasteiger partial charge is 0.254 e. The summed E-state index contributed by atoms with van der Waals surface area (Å²) in [5, 5.41) is 2.93. The first-order chi connectivity index (χ1) is 12.1. The number of hydrogen-bond acceptors (Lipinski definition) is 2. The summed E-state index contributed by atoms with van der Waals surface area (Å²) >= 11 is 0. The lowest BCUT2D eigenvalue weighted by Gasteiger charge is -2.24. The minimum Gasteiger partial charge on any atom is -0.354 e. The average molecular weight is 340 g/mol. The zero-order valence-corrected chi connectivity index (χ0v) is 14.0. The van der Waals surface area contributed by atoms with Crippen molar-refractivity contribution in [1.29, 1.82) is 0 Å². The van der Waals surface area contributed by atoms with Crippen molar-refractivity contribution in [2.45, 2.75) is 25.3 Å². The molecule has 3 rings (SSSR count). The topological polar surface area (TPSA) is 49.4 Å². The van der Waals surface area contributed by atoms with Crippen LogP contribution < -0.4 is 5.32 Å². The third-order valence-electron chi connectivity index (χ3n) is 4.46. The summed E-state index contributed by atoms with van der Waals surface area (Å²) in [6, 6.07) is 14.9. The minimum absolute atomic E-state index is 0.121. The highest BCUT2D eigenvalue weighted by atomic mass is 19.1. The summed E-state index contributed by atoms with van der Waals surface area (Å²) in [5.41, 5.74) is 1.57. The Labute approximate surface area is 146 Å². The normalized spacial score (nSPS) is 16.7.